The quantitative estimate of drug-likeness (QED) is 0.526. The van der Waals surface area contributed by atoms with E-state index in [0.717, 1.165) is 16.0 Å². The summed E-state index contributed by atoms with van der Waals surface area (Å²) >= 11 is 0. The van der Waals surface area contributed by atoms with Crippen LogP contribution in [0.1, 0.15) is 6.92 Å². The molecule has 0 fully saturated rings. The number of nitriles is 1. The lowest BCUT2D eigenvalue weighted by Gasteiger charge is -1.86. The normalized spacial score (nSPS) is 8.73. The third-order valence-electron chi connectivity index (χ3n) is 1.55. The molecule has 11 heavy (non-hydrogen) atoms. The summed E-state index contributed by atoms with van der Waals surface area (Å²) in [6.07, 6.45) is 0. The molecule has 1 nitrogen and oxygen atoms in total. The van der Waals surface area contributed by atoms with E-state index in [4.69, 9.17) is 5.26 Å². The van der Waals surface area contributed by atoms with Crippen molar-refractivity contribution in [2.45, 2.75) is 6.92 Å². The lowest BCUT2D eigenvalue weighted by Crippen LogP contribution is -2.07. The third-order valence-corrected chi connectivity index (χ3v) is 1.55. The Kier molecular flexibility index (Phi) is 2.08. The van der Waals surface area contributed by atoms with Gasteiger partial charge < -0.3 is 0 Å². The van der Waals surface area contributed by atoms with E-state index in [-0.39, 0.29) is 0 Å². The highest BCUT2D eigenvalue weighted by atomic mass is 14.2. The first kappa shape index (κ1) is 7.56. The van der Waals surface area contributed by atoms with Crippen molar-refractivity contribution in [2.24, 2.45) is 0 Å². The van der Waals surface area contributed by atoms with Crippen molar-refractivity contribution in [1.29, 1.82) is 5.26 Å². The summed E-state index contributed by atoms with van der Waals surface area (Å²) in [5.41, 5.74) is 0.741. The first-order valence-corrected chi connectivity index (χ1v) is 3.40. The monoisotopic (exact) mass is 143 g/mol. The minimum Gasteiger partial charge on any atom is -0.193 e. The molecular weight excluding hydrogens is 134 g/mol. The van der Waals surface area contributed by atoms with Crippen LogP contribution in [0, 0.1) is 11.3 Å². The van der Waals surface area contributed by atoms with Crippen LogP contribution < -0.4 is 10.4 Å². The predicted molar refractivity (Wildman–Crippen MR) is 45.9 cm³/mol. The van der Waals surface area contributed by atoms with Crippen molar-refractivity contribution in [3.05, 3.63) is 34.7 Å². The van der Waals surface area contributed by atoms with Crippen molar-refractivity contribution in [3.63, 3.8) is 0 Å². The van der Waals surface area contributed by atoms with E-state index in [1.54, 1.807) is 6.92 Å². The van der Waals surface area contributed by atoms with Gasteiger partial charge >= 0.3 is 0 Å². The van der Waals surface area contributed by atoms with Crippen LogP contribution in [0.5, 0.6) is 0 Å². The van der Waals surface area contributed by atoms with Gasteiger partial charge in [0.1, 0.15) is 0 Å². The van der Waals surface area contributed by atoms with Gasteiger partial charge in [0.15, 0.2) is 0 Å². The Morgan fingerprint density at radius 2 is 1.91 bits per heavy atom. The molecule has 0 aromatic heterocycles. The molecule has 0 atom stereocenters. The van der Waals surface area contributed by atoms with Gasteiger partial charge in [-0.25, -0.2) is 0 Å². The Morgan fingerprint density at radius 1 is 1.36 bits per heavy atom. The van der Waals surface area contributed by atoms with Gasteiger partial charge in [-0.2, -0.15) is 5.26 Å². The van der Waals surface area contributed by atoms with E-state index < -0.39 is 0 Å². The van der Waals surface area contributed by atoms with E-state index in [1.807, 2.05) is 24.3 Å². The van der Waals surface area contributed by atoms with Gasteiger partial charge in [0, 0.05) is 5.57 Å². The smallest absolute Gasteiger partial charge is 0.0950 e. The van der Waals surface area contributed by atoms with E-state index in [9.17, 15) is 0 Å². The minimum atomic E-state index is 0.741. The summed E-state index contributed by atoms with van der Waals surface area (Å²) in [6.45, 7) is 5.56. The van der Waals surface area contributed by atoms with Crippen LogP contribution in [-0.2, 0) is 0 Å². The van der Waals surface area contributed by atoms with E-state index >= 15 is 0 Å². The van der Waals surface area contributed by atoms with Crippen molar-refractivity contribution < 1.29 is 0 Å². The SMILES string of the molecule is C=c1ccc(=C(C)C#N)cc1. The van der Waals surface area contributed by atoms with Gasteiger partial charge in [-0.05, 0) is 17.4 Å². The van der Waals surface area contributed by atoms with Crippen LogP contribution in [0.15, 0.2) is 24.3 Å². The molecule has 54 valence electrons. The predicted octanol–water partition coefficient (Wildman–Crippen LogP) is 0.791. The van der Waals surface area contributed by atoms with E-state index in [2.05, 4.69) is 12.6 Å². The van der Waals surface area contributed by atoms with Gasteiger partial charge in [-0.15, -0.1) is 0 Å². The molecule has 1 aromatic rings. The molecule has 0 N–H and O–H groups in total. The van der Waals surface area contributed by atoms with Crippen molar-refractivity contribution in [1.82, 2.24) is 0 Å². The van der Waals surface area contributed by atoms with E-state index in [0.29, 0.717) is 0 Å². The molecule has 1 aromatic carbocycles. The molecule has 0 radical (unpaired) electrons. The molecule has 0 aliphatic carbocycles. The molecule has 0 bridgehead atoms. The van der Waals surface area contributed by atoms with Crippen LogP contribution >= 0.6 is 0 Å². The molecule has 0 aliphatic rings. The molecule has 0 amide bonds. The lowest BCUT2D eigenvalue weighted by atomic mass is 10.2. The highest BCUT2D eigenvalue weighted by Gasteiger charge is 1.84. The number of hydrogen-bond donors (Lipinski definition) is 0. The Hall–Kier alpha value is -1.55. The Morgan fingerprint density at radius 3 is 2.36 bits per heavy atom. The minimum absolute atomic E-state index is 0.741. The van der Waals surface area contributed by atoms with Crippen molar-refractivity contribution in [2.75, 3.05) is 0 Å². The Labute approximate surface area is 65.9 Å². The van der Waals surface area contributed by atoms with Crippen molar-refractivity contribution >= 4 is 12.2 Å². The summed E-state index contributed by atoms with van der Waals surface area (Å²) in [5, 5.41) is 10.5. The second-order valence-electron chi connectivity index (χ2n) is 2.43. The zero-order chi connectivity index (χ0) is 8.27. The molecule has 1 heteroatoms. The molecule has 0 saturated carbocycles. The molecule has 0 saturated heterocycles. The zero-order valence-electron chi connectivity index (χ0n) is 6.46. The highest BCUT2D eigenvalue weighted by molar-refractivity contribution is 5.56. The van der Waals surface area contributed by atoms with Crippen LogP contribution in [0.3, 0.4) is 0 Å². The maximum absolute atomic E-state index is 8.55. The maximum atomic E-state index is 8.55. The molecular formula is C10H9N. The number of hydrogen-bond acceptors (Lipinski definition) is 1. The van der Waals surface area contributed by atoms with Crippen LogP contribution in [0.4, 0.5) is 0 Å². The third kappa shape index (κ3) is 1.68. The second-order valence-corrected chi connectivity index (χ2v) is 2.43. The lowest BCUT2D eigenvalue weighted by molar-refractivity contribution is 1.48. The van der Waals surface area contributed by atoms with Gasteiger partial charge in [0.05, 0.1) is 6.07 Å². The molecule has 0 aliphatic heterocycles. The van der Waals surface area contributed by atoms with Gasteiger partial charge in [0.25, 0.3) is 0 Å². The van der Waals surface area contributed by atoms with Gasteiger partial charge in [0.2, 0.25) is 0 Å². The first-order chi connectivity index (χ1) is 5.24. The molecule has 1 rings (SSSR count). The van der Waals surface area contributed by atoms with Gasteiger partial charge in [-0.1, -0.05) is 30.8 Å². The summed E-state index contributed by atoms with van der Waals surface area (Å²) < 4.78 is 0. The topological polar surface area (TPSA) is 23.8 Å². The zero-order valence-corrected chi connectivity index (χ0v) is 6.46. The largest absolute Gasteiger partial charge is 0.193 e. The fourth-order valence-corrected chi connectivity index (χ4v) is 0.819. The molecule has 0 spiro atoms. The number of benzene rings is 1. The highest BCUT2D eigenvalue weighted by Crippen LogP contribution is 1.83. The Balaban J connectivity index is 3.42. The Bertz CT molecular complexity index is 372. The fourth-order valence-electron chi connectivity index (χ4n) is 0.819. The fraction of sp³-hybridized carbons (Fsp3) is 0.100. The van der Waals surface area contributed by atoms with Crippen LogP contribution in [0.25, 0.3) is 12.2 Å². The summed E-state index contributed by atoms with van der Waals surface area (Å²) in [4.78, 5) is 0. The summed E-state index contributed by atoms with van der Waals surface area (Å²) in [7, 11) is 0. The molecule has 0 heterocycles. The summed E-state index contributed by atoms with van der Waals surface area (Å²) in [5.74, 6) is 0. The van der Waals surface area contributed by atoms with Crippen LogP contribution in [-0.4, -0.2) is 0 Å². The van der Waals surface area contributed by atoms with Crippen molar-refractivity contribution in [3.8, 4) is 6.07 Å². The number of rotatable bonds is 0. The second kappa shape index (κ2) is 3.03. The summed E-state index contributed by atoms with van der Waals surface area (Å²) in [6, 6.07) is 9.70. The standard InChI is InChI=1S/C10H9N/c1-8-3-5-10(6-4-8)9(2)7-11/h3-6H,1H2,2H3. The van der Waals surface area contributed by atoms with Gasteiger partial charge in [-0.3, -0.25) is 0 Å². The van der Waals surface area contributed by atoms with E-state index in [1.165, 1.54) is 0 Å². The average Bonchev–Trinajstić information content (AvgIpc) is 2.05. The average molecular weight is 143 g/mol. The maximum Gasteiger partial charge on any atom is 0.0950 e. The number of nitrogens with zero attached hydrogens (tertiary/aromatic N) is 1. The first-order valence-electron chi connectivity index (χ1n) is 3.40. The van der Waals surface area contributed by atoms with Crippen LogP contribution in [0.2, 0.25) is 0 Å². The molecule has 0 unspecified atom stereocenters.